The van der Waals surface area contributed by atoms with E-state index in [1.807, 2.05) is 50.3 Å². The first kappa shape index (κ1) is 56.1. The molecule has 13 aliphatic heterocycles. The summed E-state index contributed by atoms with van der Waals surface area (Å²) in [7, 11) is 0. The van der Waals surface area contributed by atoms with Crippen LogP contribution in [0.15, 0.2) is 60.8 Å². The molecule has 9 saturated heterocycles. The number of hydrogen-bond acceptors (Lipinski definition) is 19. The number of aliphatic hydroxyl groups is 6. The number of ether oxygens (including phenoxy) is 13. The predicted octanol–water partition coefficient (Wildman–Crippen LogP) is 2.97. The summed E-state index contributed by atoms with van der Waals surface area (Å²) in [6.07, 6.45) is 10.5. The average molecular weight is 1110 g/mol. The van der Waals surface area contributed by atoms with Crippen LogP contribution in [0.5, 0.6) is 0 Å². The molecule has 1 unspecified atom stereocenters. The van der Waals surface area contributed by atoms with Crippen molar-refractivity contribution in [2.24, 2.45) is 23.7 Å². The van der Waals surface area contributed by atoms with Crippen molar-refractivity contribution >= 4 is 0 Å². The van der Waals surface area contributed by atoms with Crippen molar-refractivity contribution in [3.05, 3.63) is 60.8 Å². The minimum Gasteiger partial charge on any atom is -0.393 e. The molecule has 19 heteroatoms. The topological polar surface area (TPSA) is 241 Å². The van der Waals surface area contributed by atoms with Crippen LogP contribution in [-0.4, -0.2) is 220 Å². The van der Waals surface area contributed by atoms with Crippen LogP contribution in [-0.2, 0) is 61.6 Å². The highest BCUT2D eigenvalue weighted by molar-refractivity contribution is 5.18. The molecular formula is C60H86O19. The van der Waals surface area contributed by atoms with E-state index in [2.05, 4.69) is 32.9 Å². The maximum Gasteiger partial charge on any atom is 0.174 e. The number of rotatable bonds is 3. The third kappa shape index (κ3) is 10.5. The Morgan fingerprint density at radius 3 is 1.91 bits per heavy atom. The van der Waals surface area contributed by atoms with Gasteiger partial charge in [0.05, 0.1) is 129 Å². The summed E-state index contributed by atoms with van der Waals surface area (Å²) in [6.45, 7) is 10.3. The zero-order valence-corrected chi connectivity index (χ0v) is 46.1. The van der Waals surface area contributed by atoms with Crippen molar-refractivity contribution in [2.45, 2.75) is 275 Å². The minimum atomic E-state index is -1.04. The maximum absolute atomic E-state index is 12.4. The van der Waals surface area contributed by atoms with Crippen molar-refractivity contribution < 1.29 is 92.2 Å². The van der Waals surface area contributed by atoms with Gasteiger partial charge in [-0.1, -0.05) is 88.5 Å². The first-order valence-corrected chi connectivity index (χ1v) is 30.0. The normalized spacial score (nSPS) is 56.8. The molecule has 0 aromatic heterocycles. The van der Waals surface area contributed by atoms with Crippen LogP contribution in [0.1, 0.15) is 98.8 Å². The van der Waals surface area contributed by atoms with Crippen LogP contribution in [0.25, 0.3) is 0 Å². The summed E-state index contributed by atoms with van der Waals surface area (Å²) in [6, 6.07) is 0. The Hall–Kier alpha value is -2.06. The second-order valence-electron chi connectivity index (χ2n) is 25.9. The molecular weight excluding hydrogens is 1020 g/mol. The molecule has 0 aliphatic carbocycles. The first-order chi connectivity index (χ1) is 38.0. The Balaban J connectivity index is 0.677. The lowest BCUT2D eigenvalue weighted by Crippen LogP contribution is -2.63. The van der Waals surface area contributed by atoms with Crippen molar-refractivity contribution in [1.29, 1.82) is 0 Å². The fraction of sp³-hybridized carbons (Fsp3) is 0.833. The summed E-state index contributed by atoms with van der Waals surface area (Å²) < 4.78 is 89.0. The molecule has 0 aromatic rings. The van der Waals surface area contributed by atoms with E-state index in [-0.39, 0.29) is 79.1 Å². The molecule has 0 bridgehead atoms. The quantitative estimate of drug-likeness (QED) is 0.223. The SMILES string of the molecule is C[C@@H]1C[C@@H]2O[C@@H]3[C@@H](C)[C@H](O)C4O[C@]5(C[C@H](O)CO5)[C@@H](C)[C@H](C)[C@H]4O[C@H]3C[C@H]2O[C@H]2C[C@H]3O[C@H]4C/C=C\C[C@H]5O[C@H]6C=C[C@H]7O[C@@H]8[C@H](O)[C@@H]9O[C@@H](/C=C/[C@H](O)CO)C=CC[C@@H]9O[C@@H]8C[C@@H]7O[C@@H]6C=C[C@@H]5O[C@@H]4C[C@@H](O)[C@]3(C)O[C@@H]2C1. The maximum atomic E-state index is 12.4. The average Bonchev–Trinajstić information content (AvgIpc) is 3.66. The highest BCUT2D eigenvalue weighted by atomic mass is 16.7. The predicted molar refractivity (Wildman–Crippen MR) is 279 cm³/mol. The van der Waals surface area contributed by atoms with Crippen molar-refractivity contribution in [1.82, 2.24) is 0 Å². The largest absolute Gasteiger partial charge is 0.393 e. The Bertz CT molecular complexity index is 2300. The summed E-state index contributed by atoms with van der Waals surface area (Å²) in [5.74, 6) is -1.19. The molecule has 1 spiro atoms. The molecule has 0 saturated carbocycles. The second kappa shape index (κ2) is 22.4. The van der Waals surface area contributed by atoms with Gasteiger partial charge in [0, 0.05) is 43.9 Å². The summed E-state index contributed by atoms with van der Waals surface area (Å²) >= 11 is 0. The van der Waals surface area contributed by atoms with Gasteiger partial charge in [-0.15, -0.1) is 0 Å². The molecule has 0 amide bonds. The third-order valence-corrected chi connectivity index (χ3v) is 20.6. The molecule has 33 atom stereocenters. The van der Waals surface area contributed by atoms with Crippen molar-refractivity contribution in [2.75, 3.05) is 13.2 Å². The van der Waals surface area contributed by atoms with Gasteiger partial charge in [-0.05, 0) is 50.9 Å². The molecule has 13 aliphatic rings. The molecule has 6 N–H and O–H groups in total. The van der Waals surface area contributed by atoms with E-state index in [4.69, 9.17) is 61.6 Å². The van der Waals surface area contributed by atoms with Crippen LogP contribution in [0.4, 0.5) is 0 Å². The highest BCUT2D eigenvalue weighted by Gasteiger charge is 2.63. The fourth-order valence-corrected chi connectivity index (χ4v) is 15.9. The molecule has 9 fully saturated rings. The van der Waals surface area contributed by atoms with Gasteiger partial charge in [0.1, 0.15) is 54.4 Å². The molecule has 79 heavy (non-hydrogen) atoms. The summed E-state index contributed by atoms with van der Waals surface area (Å²) in [5, 5.41) is 65.9. The summed E-state index contributed by atoms with van der Waals surface area (Å²) in [5.41, 5.74) is -1.04. The Kier molecular flexibility index (Phi) is 15.9. The zero-order valence-electron chi connectivity index (χ0n) is 46.1. The number of aliphatic hydroxyl groups excluding tert-OH is 6. The van der Waals surface area contributed by atoms with E-state index in [0.29, 0.717) is 57.8 Å². The van der Waals surface area contributed by atoms with Gasteiger partial charge in [-0.2, -0.15) is 0 Å². The molecule has 0 aromatic carbocycles. The van der Waals surface area contributed by atoms with E-state index in [1.165, 1.54) is 6.08 Å². The highest BCUT2D eigenvalue weighted by Crippen LogP contribution is 2.52. The lowest BCUT2D eigenvalue weighted by molar-refractivity contribution is -0.339. The third-order valence-electron chi connectivity index (χ3n) is 20.6. The van der Waals surface area contributed by atoms with Crippen LogP contribution in [0, 0.1) is 23.7 Å². The van der Waals surface area contributed by atoms with Crippen LogP contribution < -0.4 is 0 Å². The van der Waals surface area contributed by atoms with E-state index >= 15 is 0 Å². The van der Waals surface area contributed by atoms with Gasteiger partial charge in [0.2, 0.25) is 0 Å². The van der Waals surface area contributed by atoms with Gasteiger partial charge in [0.25, 0.3) is 0 Å². The second-order valence-corrected chi connectivity index (χ2v) is 25.9. The van der Waals surface area contributed by atoms with Crippen LogP contribution in [0.2, 0.25) is 0 Å². The molecule has 19 nitrogen and oxygen atoms in total. The van der Waals surface area contributed by atoms with E-state index < -0.39 is 134 Å². The Labute approximate surface area is 463 Å². The molecule has 440 valence electrons. The lowest BCUT2D eigenvalue weighted by Gasteiger charge is -2.53. The van der Waals surface area contributed by atoms with Crippen LogP contribution >= 0.6 is 0 Å². The molecule has 13 heterocycles. The molecule has 0 radical (unpaired) electrons. The Morgan fingerprint density at radius 1 is 0.519 bits per heavy atom. The summed E-state index contributed by atoms with van der Waals surface area (Å²) in [4.78, 5) is 0. The van der Waals surface area contributed by atoms with E-state index in [1.54, 1.807) is 6.08 Å². The first-order valence-electron chi connectivity index (χ1n) is 30.0. The van der Waals surface area contributed by atoms with Gasteiger partial charge in [0.15, 0.2) is 5.79 Å². The van der Waals surface area contributed by atoms with Crippen LogP contribution in [0.3, 0.4) is 0 Å². The van der Waals surface area contributed by atoms with E-state index in [0.717, 1.165) is 6.42 Å². The minimum absolute atomic E-state index is 0.0318. The fourth-order valence-electron chi connectivity index (χ4n) is 15.9. The monoisotopic (exact) mass is 1110 g/mol. The van der Waals surface area contributed by atoms with Gasteiger partial charge >= 0.3 is 0 Å². The standard InChI is InChI=1S/C60H86O19/c1-28-19-42-44(22-48-54(76-42)30(3)52(65)58-55(77-48)29(2)31(4)60(79-58)25-33(63)27-67-60)73-46-24-51-59(5,78-47(46)20-28)50(64)23-45-36(74-51)11-7-6-10-35-37(71-45)15-16-39-38(69-35)17-18-40-43(70-39)21-49-57(75-40)53(66)56-41(72-49)12-8-9-34(68-56)14-13-32(62)26-61/h6-9,13-18,28-58,61-66H,10-12,19-27H2,1-5H3/b7-6-,14-13+/t28-,29+,30+,31+,32+,33+,34-,35-,36+,37+,38+,39-,40-,41+,42+,43+,44-,45-,46+,47-,48+,49-,50-,51-,52+,53-,54-,55-,56-,57+,58?,59+,60-/m1/s1. The van der Waals surface area contributed by atoms with Crippen molar-refractivity contribution in [3.8, 4) is 0 Å². The van der Waals surface area contributed by atoms with E-state index in [9.17, 15) is 30.6 Å². The van der Waals surface area contributed by atoms with Gasteiger partial charge in [-0.3, -0.25) is 0 Å². The van der Waals surface area contributed by atoms with Gasteiger partial charge < -0.3 is 92.2 Å². The lowest BCUT2D eigenvalue weighted by atomic mass is 9.75. The Morgan fingerprint density at radius 2 is 1.14 bits per heavy atom. The zero-order chi connectivity index (χ0) is 54.6. The molecule has 13 rings (SSSR count). The van der Waals surface area contributed by atoms with Gasteiger partial charge in [-0.25, -0.2) is 0 Å². The number of hydrogen-bond donors (Lipinski definition) is 6. The smallest absolute Gasteiger partial charge is 0.174 e. The van der Waals surface area contributed by atoms with Crippen molar-refractivity contribution in [3.63, 3.8) is 0 Å². The number of fused-ring (bicyclic) bond motifs is 11.